The highest BCUT2D eigenvalue weighted by atomic mass is 32.1. The van der Waals surface area contributed by atoms with Crippen LogP contribution in [0.15, 0.2) is 24.3 Å². The first-order valence-corrected chi connectivity index (χ1v) is 11.7. The van der Waals surface area contributed by atoms with Gasteiger partial charge in [0, 0.05) is 44.0 Å². The lowest BCUT2D eigenvalue weighted by atomic mass is 9.95. The largest absolute Gasteiger partial charge is 0.495 e. The number of piperazine rings is 1. The summed E-state index contributed by atoms with van der Waals surface area (Å²) in [4.78, 5) is 30.4. The van der Waals surface area contributed by atoms with Crippen molar-refractivity contribution in [1.29, 1.82) is 0 Å². The number of nitrogens with one attached hydrogen (secondary N) is 1. The molecule has 0 spiro atoms. The van der Waals surface area contributed by atoms with Crippen molar-refractivity contribution in [2.45, 2.75) is 32.1 Å². The fourth-order valence-corrected chi connectivity index (χ4v) is 5.78. The summed E-state index contributed by atoms with van der Waals surface area (Å²) in [6.07, 6.45) is 4.43. The number of hydrogen-bond donors (Lipinski definition) is 2. The van der Waals surface area contributed by atoms with Gasteiger partial charge in [0.05, 0.1) is 18.4 Å². The van der Waals surface area contributed by atoms with Gasteiger partial charge < -0.3 is 20.7 Å². The van der Waals surface area contributed by atoms with Crippen molar-refractivity contribution in [2.24, 2.45) is 5.73 Å². The number of fused-ring (bicyclic) bond motifs is 1. The van der Waals surface area contributed by atoms with Gasteiger partial charge in [-0.3, -0.25) is 14.5 Å². The first-order valence-electron chi connectivity index (χ1n) is 10.9. The van der Waals surface area contributed by atoms with E-state index in [4.69, 9.17) is 10.5 Å². The summed E-state index contributed by atoms with van der Waals surface area (Å²) in [5.74, 6) is 0.384. The third-order valence-electron chi connectivity index (χ3n) is 6.12. The number of ether oxygens (including phenoxy) is 1. The molecule has 1 aromatic heterocycles. The van der Waals surface area contributed by atoms with Gasteiger partial charge in [-0.25, -0.2) is 0 Å². The topological polar surface area (TPSA) is 87.9 Å². The molecule has 1 aliphatic carbocycles. The average Bonchev–Trinajstić information content (AvgIpc) is 3.16. The number of rotatable bonds is 7. The SMILES string of the molecule is COc1ccccc1N1CCN(CCC(=O)Nc2sc3c(c2C(N)=O)CCCC3)CC1. The Kier molecular flexibility index (Phi) is 6.77. The molecule has 31 heavy (non-hydrogen) atoms. The van der Waals surface area contributed by atoms with Crippen LogP contribution in [0.5, 0.6) is 5.75 Å². The van der Waals surface area contributed by atoms with Crippen molar-refractivity contribution in [3.63, 3.8) is 0 Å². The van der Waals surface area contributed by atoms with E-state index in [9.17, 15) is 9.59 Å². The molecular formula is C23H30N4O3S. The summed E-state index contributed by atoms with van der Waals surface area (Å²) in [6.45, 7) is 4.27. The number of benzene rings is 1. The lowest BCUT2D eigenvalue weighted by Crippen LogP contribution is -2.47. The van der Waals surface area contributed by atoms with Crippen LogP contribution in [-0.4, -0.2) is 56.5 Å². The quantitative estimate of drug-likeness (QED) is 0.688. The van der Waals surface area contributed by atoms with Crippen LogP contribution < -0.4 is 20.7 Å². The van der Waals surface area contributed by atoms with Gasteiger partial charge in [-0.05, 0) is 43.4 Å². The zero-order valence-corrected chi connectivity index (χ0v) is 18.8. The van der Waals surface area contributed by atoms with E-state index >= 15 is 0 Å². The number of amides is 2. The van der Waals surface area contributed by atoms with E-state index in [1.54, 1.807) is 7.11 Å². The van der Waals surface area contributed by atoms with Gasteiger partial charge in [0.15, 0.2) is 0 Å². The van der Waals surface area contributed by atoms with Crippen LogP contribution in [0.4, 0.5) is 10.7 Å². The lowest BCUT2D eigenvalue weighted by molar-refractivity contribution is -0.116. The van der Waals surface area contributed by atoms with E-state index in [2.05, 4.69) is 21.2 Å². The first-order chi connectivity index (χ1) is 15.1. The van der Waals surface area contributed by atoms with Crippen molar-refractivity contribution in [3.8, 4) is 5.75 Å². The summed E-state index contributed by atoms with van der Waals surface area (Å²) in [6, 6.07) is 8.07. The Morgan fingerprint density at radius 3 is 2.61 bits per heavy atom. The minimum Gasteiger partial charge on any atom is -0.495 e. The zero-order chi connectivity index (χ0) is 21.8. The normalized spacial score (nSPS) is 16.6. The second-order valence-electron chi connectivity index (χ2n) is 8.08. The third kappa shape index (κ3) is 4.85. The van der Waals surface area contributed by atoms with Gasteiger partial charge in [0.25, 0.3) is 5.91 Å². The van der Waals surface area contributed by atoms with Gasteiger partial charge in [-0.15, -0.1) is 11.3 Å². The number of nitrogens with zero attached hydrogens (tertiary/aromatic N) is 2. The van der Waals surface area contributed by atoms with E-state index in [0.29, 0.717) is 23.5 Å². The summed E-state index contributed by atoms with van der Waals surface area (Å²) in [5, 5.41) is 3.59. The minimum atomic E-state index is -0.442. The molecule has 1 aliphatic heterocycles. The molecule has 1 saturated heterocycles. The third-order valence-corrected chi connectivity index (χ3v) is 7.33. The van der Waals surface area contributed by atoms with Crippen molar-refractivity contribution in [1.82, 2.24) is 4.90 Å². The molecule has 0 radical (unpaired) electrons. The smallest absolute Gasteiger partial charge is 0.251 e. The number of nitrogens with two attached hydrogens (primary N) is 1. The summed E-state index contributed by atoms with van der Waals surface area (Å²) in [5.41, 5.74) is 8.31. The Morgan fingerprint density at radius 2 is 1.87 bits per heavy atom. The Hall–Kier alpha value is -2.58. The number of hydrogen-bond acceptors (Lipinski definition) is 6. The minimum absolute atomic E-state index is 0.0618. The highest BCUT2D eigenvalue weighted by Gasteiger charge is 2.25. The maximum absolute atomic E-state index is 12.6. The van der Waals surface area contributed by atoms with Crippen molar-refractivity contribution in [2.75, 3.05) is 50.1 Å². The Balaban J connectivity index is 1.30. The molecule has 2 aromatic rings. The average molecular weight is 443 g/mol. The molecule has 3 N–H and O–H groups in total. The highest BCUT2D eigenvalue weighted by molar-refractivity contribution is 7.17. The molecule has 2 heterocycles. The molecule has 0 atom stereocenters. The summed E-state index contributed by atoms with van der Waals surface area (Å²) < 4.78 is 5.48. The van der Waals surface area contributed by atoms with Crippen LogP contribution in [0.2, 0.25) is 0 Å². The molecule has 1 aromatic carbocycles. The Bertz CT molecular complexity index is 950. The number of carbonyl (C=O) groups excluding carboxylic acids is 2. The van der Waals surface area contributed by atoms with E-state index in [1.165, 1.54) is 16.2 Å². The molecule has 0 bridgehead atoms. The highest BCUT2D eigenvalue weighted by Crippen LogP contribution is 2.38. The van der Waals surface area contributed by atoms with Crippen LogP contribution in [0, 0.1) is 0 Å². The van der Waals surface area contributed by atoms with Crippen LogP contribution in [0.3, 0.4) is 0 Å². The Labute approximate surface area is 187 Å². The monoisotopic (exact) mass is 442 g/mol. The Morgan fingerprint density at radius 1 is 1.13 bits per heavy atom. The van der Waals surface area contributed by atoms with Gasteiger partial charge in [0.2, 0.25) is 5.91 Å². The van der Waals surface area contributed by atoms with Gasteiger partial charge in [0.1, 0.15) is 10.8 Å². The number of para-hydroxylation sites is 2. The molecule has 7 nitrogen and oxygen atoms in total. The van der Waals surface area contributed by atoms with Gasteiger partial charge in [-0.1, -0.05) is 12.1 Å². The van der Waals surface area contributed by atoms with Crippen LogP contribution in [0.1, 0.15) is 40.1 Å². The molecule has 8 heteroatoms. The van der Waals surface area contributed by atoms with Crippen molar-refractivity contribution in [3.05, 3.63) is 40.3 Å². The van der Waals surface area contributed by atoms with Crippen LogP contribution in [0.25, 0.3) is 0 Å². The summed E-state index contributed by atoms with van der Waals surface area (Å²) >= 11 is 1.52. The van der Waals surface area contributed by atoms with E-state index in [-0.39, 0.29) is 5.91 Å². The molecule has 0 unspecified atom stereocenters. The fourth-order valence-electron chi connectivity index (χ4n) is 4.47. The predicted molar refractivity (Wildman–Crippen MR) is 124 cm³/mol. The second kappa shape index (κ2) is 9.70. The second-order valence-corrected chi connectivity index (χ2v) is 9.18. The number of primary amides is 1. The van der Waals surface area contributed by atoms with Crippen molar-refractivity contribution < 1.29 is 14.3 Å². The molecule has 1 fully saturated rings. The maximum Gasteiger partial charge on any atom is 0.251 e. The van der Waals surface area contributed by atoms with E-state index < -0.39 is 5.91 Å². The van der Waals surface area contributed by atoms with Gasteiger partial charge in [-0.2, -0.15) is 0 Å². The number of carbonyl (C=O) groups is 2. The molecule has 2 amide bonds. The molecule has 166 valence electrons. The van der Waals surface area contributed by atoms with Gasteiger partial charge >= 0.3 is 0 Å². The summed E-state index contributed by atoms with van der Waals surface area (Å²) in [7, 11) is 1.70. The van der Waals surface area contributed by atoms with Crippen LogP contribution in [-0.2, 0) is 17.6 Å². The van der Waals surface area contributed by atoms with E-state index in [1.807, 2.05) is 18.2 Å². The number of methoxy groups -OCH3 is 1. The molecule has 4 rings (SSSR count). The molecular weight excluding hydrogens is 412 g/mol. The van der Waals surface area contributed by atoms with E-state index in [0.717, 1.165) is 68.9 Å². The number of aryl methyl sites for hydroxylation is 1. The van der Waals surface area contributed by atoms with Crippen LogP contribution >= 0.6 is 11.3 Å². The molecule has 0 saturated carbocycles. The standard InChI is InChI=1S/C23H30N4O3S/c1-30-18-8-4-3-7-17(18)27-14-12-26(13-15-27)11-10-20(28)25-23-21(22(24)29)16-6-2-5-9-19(16)31-23/h3-4,7-8H,2,5-6,9-15H2,1H3,(H2,24,29)(H,25,28). The first kappa shape index (κ1) is 21.6. The fraction of sp³-hybridized carbons (Fsp3) is 0.478. The lowest BCUT2D eigenvalue weighted by Gasteiger charge is -2.36. The number of thiophene rings is 1. The molecule has 2 aliphatic rings. The predicted octanol–water partition coefficient (Wildman–Crippen LogP) is 2.89. The zero-order valence-electron chi connectivity index (χ0n) is 18.0. The van der Waals surface area contributed by atoms with Crippen molar-refractivity contribution >= 4 is 33.8 Å². The number of anilines is 2. The maximum atomic E-state index is 12.6.